The van der Waals surface area contributed by atoms with Gasteiger partial charge in [-0.2, -0.15) is 0 Å². The fourth-order valence-corrected chi connectivity index (χ4v) is 8.49. The summed E-state index contributed by atoms with van der Waals surface area (Å²) in [4.78, 5) is 35.7. The average Bonchev–Trinajstić information content (AvgIpc) is 3.25. The van der Waals surface area contributed by atoms with Crippen LogP contribution >= 0.6 is 7.82 Å². The van der Waals surface area contributed by atoms with Crippen molar-refractivity contribution in [2.75, 3.05) is 13.2 Å². The number of allylic oxidation sites excluding steroid dienone is 4. The Bertz CT molecular complexity index is 1180. The van der Waals surface area contributed by atoms with Gasteiger partial charge in [-0.25, -0.2) is 4.57 Å². The van der Waals surface area contributed by atoms with E-state index in [9.17, 15) is 44.6 Å². The molecule has 6 N–H and O–H groups in total. The summed E-state index contributed by atoms with van der Waals surface area (Å²) in [7, 11) is -5.12. The Kier molecular flexibility index (Phi) is 36.3. The van der Waals surface area contributed by atoms with E-state index in [0.29, 0.717) is 12.8 Å². The maximum absolute atomic E-state index is 12.8. The third-order valence-corrected chi connectivity index (χ3v) is 12.5. The lowest BCUT2D eigenvalue weighted by Gasteiger charge is -2.41. The molecule has 6 unspecified atom stereocenters. The summed E-state index contributed by atoms with van der Waals surface area (Å²) in [6.07, 6.45) is 29.4. The minimum atomic E-state index is -5.12. The van der Waals surface area contributed by atoms with Crippen LogP contribution in [0.25, 0.3) is 0 Å². The van der Waals surface area contributed by atoms with E-state index < -0.39 is 75.7 Å². The Hall–Kier alpha value is -1.67. The molecule has 1 aliphatic rings. The highest BCUT2D eigenvalue weighted by atomic mass is 31.2. The summed E-state index contributed by atoms with van der Waals surface area (Å²) in [6, 6.07) is 0. The molecule has 1 saturated carbocycles. The van der Waals surface area contributed by atoms with Gasteiger partial charge in [0, 0.05) is 12.8 Å². The van der Waals surface area contributed by atoms with Crippen LogP contribution in [0.15, 0.2) is 24.3 Å². The molecule has 14 heteroatoms. The summed E-state index contributed by atoms with van der Waals surface area (Å²) in [5, 5.41) is 50.2. The van der Waals surface area contributed by atoms with Crippen LogP contribution in [0.5, 0.6) is 0 Å². The fourth-order valence-electron chi connectivity index (χ4n) is 7.51. The van der Waals surface area contributed by atoms with Gasteiger partial charge in [0.15, 0.2) is 6.10 Å². The number of phosphoric acid groups is 1. The molecule has 0 aromatic rings. The highest BCUT2D eigenvalue weighted by Gasteiger charge is 2.51. The van der Waals surface area contributed by atoms with Crippen molar-refractivity contribution >= 4 is 19.8 Å². The third-order valence-electron chi connectivity index (χ3n) is 11.5. The van der Waals surface area contributed by atoms with E-state index in [-0.39, 0.29) is 12.8 Å². The number of hydrogen-bond donors (Lipinski definition) is 6. The average molecular weight is 905 g/mol. The van der Waals surface area contributed by atoms with Gasteiger partial charge in [-0.3, -0.25) is 18.6 Å². The van der Waals surface area contributed by atoms with E-state index in [1.165, 1.54) is 103 Å². The number of carbonyl (C=O) groups excluding carboxylic acids is 2. The van der Waals surface area contributed by atoms with Crippen LogP contribution in [-0.2, 0) is 32.7 Å². The number of aliphatic hydroxyl groups excluding tert-OH is 5. The zero-order chi connectivity index (χ0) is 45.7. The Morgan fingerprint density at radius 2 is 0.823 bits per heavy atom. The molecule has 0 saturated heterocycles. The quantitative estimate of drug-likeness (QED) is 0.0146. The molecule has 13 nitrogen and oxygen atoms in total. The molecule has 0 bridgehead atoms. The van der Waals surface area contributed by atoms with E-state index in [2.05, 4.69) is 38.2 Å². The first-order chi connectivity index (χ1) is 29.9. The smallest absolute Gasteiger partial charge is 0.462 e. The molecule has 0 aromatic carbocycles. The molecule has 0 heterocycles. The molecule has 1 rings (SSSR count). The SMILES string of the molecule is CCCCCCC/C=C\CCCCCCCC(=O)OCC(COP(=O)(O)OC1C(O)C(O)C(O)C(O)C1O)OC(=O)CCCCCCCCCCC/C=C\CCCCCCCC. The second-order valence-electron chi connectivity index (χ2n) is 17.3. The van der Waals surface area contributed by atoms with Crippen molar-refractivity contribution in [2.45, 2.75) is 256 Å². The summed E-state index contributed by atoms with van der Waals surface area (Å²) >= 11 is 0. The molecule has 0 spiro atoms. The van der Waals surface area contributed by atoms with Gasteiger partial charge in [0.25, 0.3) is 0 Å². The summed E-state index contributed by atoms with van der Waals surface area (Å²) in [5.74, 6) is -1.11. The lowest BCUT2D eigenvalue weighted by molar-refractivity contribution is -0.220. The molecule has 0 aromatic heterocycles. The molecule has 364 valence electrons. The number of esters is 2. The Morgan fingerprint density at radius 1 is 0.484 bits per heavy atom. The van der Waals surface area contributed by atoms with Gasteiger partial charge in [0.2, 0.25) is 0 Å². The van der Waals surface area contributed by atoms with Gasteiger partial charge in [0.05, 0.1) is 6.61 Å². The van der Waals surface area contributed by atoms with Crippen LogP contribution in [-0.4, -0.2) is 98.3 Å². The molecule has 0 aliphatic heterocycles. The maximum Gasteiger partial charge on any atom is 0.472 e. The summed E-state index contributed by atoms with van der Waals surface area (Å²) in [6.45, 7) is 3.29. The fraction of sp³-hybridized carbons (Fsp3) is 0.875. The first kappa shape index (κ1) is 58.3. The second-order valence-corrected chi connectivity index (χ2v) is 18.7. The maximum atomic E-state index is 12.8. The monoisotopic (exact) mass is 905 g/mol. The van der Waals surface area contributed by atoms with Crippen LogP contribution in [0.3, 0.4) is 0 Å². The lowest BCUT2D eigenvalue weighted by atomic mass is 9.85. The zero-order valence-electron chi connectivity index (χ0n) is 38.7. The summed E-state index contributed by atoms with van der Waals surface area (Å²) in [5.41, 5.74) is 0. The molecule has 62 heavy (non-hydrogen) atoms. The van der Waals surface area contributed by atoms with Crippen LogP contribution in [0.4, 0.5) is 0 Å². The number of aliphatic hydroxyl groups is 5. The van der Waals surface area contributed by atoms with Gasteiger partial charge in [-0.05, 0) is 64.2 Å². The Labute approximate surface area is 375 Å². The normalized spacial score (nSPS) is 22.0. The minimum absolute atomic E-state index is 0.0947. The molecule has 6 atom stereocenters. The highest BCUT2D eigenvalue weighted by Crippen LogP contribution is 2.47. The van der Waals surface area contributed by atoms with Gasteiger partial charge < -0.3 is 39.9 Å². The van der Waals surface area contributed by atoms with Gasteiger partial charge >= 0.3 is 19.8 Å². The predicted octanol–water partition coefficient (Wildman–Crippen LogP) is 10.0. The van der Waals surface area contributed by atoms with Gasteiger partial charge in [-0.1, -0.05) is 160 Å². The number of unbranched alkanes of at least 4 members (excludes halogenated alkanes) is 25. The van der Waals surface area contributed by atoms with Crippen LogP contribution in [0.1, 0.15) is 213 Å². The largest absolute Gasteiger partial charge is 0.472 e. The zero-order valence-corrected chi connectivity index (χ0v) is 39.6. The summed E-state index contributed by atoms with van der Waals surface area (Å²) < 4.78 is 33.6. The number of phosphoric ester groups is 1. The van der Waals surface area contributed by atoms with Crippen molar-refractivity contribution in [2.24, 2.45) is 0 Å². The van der Waals surface area contributed by atoms with Crippen LogP contribution < -0.4 is 0 Å². The highest BCUT2D eigenvalue weighted by molar-refractivity contribution is 7.47. The topological polar surface area (TPSA) is 210 Å². The van der Waals surface area contributed by atoms with E-state index in [1.54, 1.807) is 0 Å². The van der Waals surface area contributed by atoms with Crippen LogP contribution in [0, 0.1) is 0 Å². The van der Waals surface area contributed by atoms with Crippen molar-refractivity contribution < 1.29 is 63.1 Å². The van der Waals surface area contributed by atoms with Crippen molar-refractivity contribution in [1.82, 2.24) is 0 Å². The molecule has 0 radical (unpaired) electrons. The molecule has 0 amide bonds. The number of carbonyl (C=O) groups is 2. The standard InChI is InChI=1S/C48H89O13P/c1-3-5-7-9-11-13-15-17-19-20-21-22-23-25-27-29-31-33-35-37-42(50)60-40(39-59-62(56,57)61-48-46(54)44(52)43(51)45(53)47(48)55)38-58-41(49)36-34-32-30-28-26-24-18-16-14-12-10-8-6-4-2/h16-19,40,43-48,51-55H,3-15,20-39H2,1-2H3,(H,56,57)/b18-16-,19-17-. The van der Waals surface area contributed by atoms with Gasteiger partial charge in [-0.15, -0.1) is 0 Å². The Balaban J connectivity index is 2.42. The predicted molar refractivity (Wildman–Crippen MR) is 244 cm³/mol. The molecule has 1 aliphatic carbocycles. The van der Waals surface area contributed by atoms with E-state index in [0.717, 1.165) is 70.6 Å². The molecule has 1 fully saturated rings. The van der Waals surface area contributed by atoms with Gasteiger partial charge in [0.1, 0.15) is 43.2 Å². The molecular weight excluding hydrogens is 815 g/mol. The second kappa shape index (κ2) is 38.6. The van der Waals surface area contributed by atoms with Crippen molar-refractivity contribution in [1.29, 1.82) is 0 Å². The minimum Gasteiger partial charge on any atom is -0.462 e. The van der Waals surface area contributed by atoms with E-state index >= 15 is 0 Å². The van der Waals surface area contributed by atoms with E-state index in [1.807, 2.05) is 0 Å². The number of hydrogen-bond acceptors (Lipinski definition) is 12. The molecular formula is C48H89O13P. The number of ether oxygens (including phenoxy) is 2. The number of rotatable bonds is 41. The van der Waals surface area contributed by atoms with E-state index in [4.69, 9.17) is 18.5 Å². The Morgan fingerprint density at radius 3 is 1.23 bits per heavy atom. The lowest BCUT2D eigenvalue weighted by Crippen LogP contribution is -2.64. The van der Waals surface area contributed by atoms with Crippen molar-refractivity contribution in [3.63, 3.8) is 0 Å². The van der Waals surface area contributed by atoms with Crippen LogP contribution in [0.2, 0.25) is 0 Å². The van der Waals surface area contributed by atoms with Crippen molar-refractivity contribution in [3.8, 4) is 0 Å². The first-order valence-corrected chi connectivity index (χ1v) is 26.1. The van der Waals surface area contributed by atoms with Crippen molar-refractivity contribution in [3.05, 3.63) is 24.3 Å². The first-order valence-electron chi connectivity index (χ1n) is 24.6. The third kappa shape index (κ3) is 30.5.